The predicted molar refractivity (Wildman–Crippen MR) is 138 cm³/mol. The highest BCUT2D eigenvalue weighted by atomic mass is 32.2. The van der Waals surface area contributed by atoms with Gasteiger partial charge in [0.05, 0.1) is 19.3 Å². The number of ether oxygens (including phenoxy) is 2. The first-order chi connectivity index (χ1) is 17.5. The number of aliphatic hydroxyl groups is 2. The third kappa shape index (κ3) is 9.12. The first-order valence-corrected chi connectivity index (χ1v) is 14.4. The van der Waals surface area contributed by atoms with Gasteiger partial charge < -0.3 is 19.7 Å². The maximum Gasteiger partial charge on any atom is 0.406 e. The number of aromatic amines is 1. The molecule has 1 aliphatic rings. The van der Waals surface area contributed by atoms with Crippen molar-refractivity contribution in [2.75, 3.05) is 19.0 Å². The molecule has 6 unspecified atom stereocenters. The Hall–Kier alpha value is -1.84. The summed E-state index contributed by atoms with van der Waals surface area (Å²) in [6.45, 7) is 9.21. The molecule has 1 fully saturated rings. The van der Waals surface area contributed by atoms with E-state index < -0.39 is 73.7 Å². The molecule has 1 aliphatic heterocycles. The maximum absolute atomic E-state index is 13.5. The number of thioether (sulfide) groups is 1. The number of hydrogen-bond donors (Lipinski definition) is 4. The molecule has 0 saturated carbocycles. The SMILES string of the molecule is CC(C)OC(=O)C(C)NP(=O)(OCCSC(=O)C(C)(C)C)OCC1OC(n2ccc(=O)[nH]c2=O)C(O)C1O. The summed E-state index contributed by atoms with van der Waals surface area (Å²) >= 11 is 0.987. The van der Waals surface area contributed by atoms with Crippen molar-refractivity contribution in [3.8, 4) is 0 Å². The molecule has 38 heavy (non-hydrogen) atoms. The number of H-pyrrole nitrogens is 1. The number of carbonyl (C=O) groups is 2. The van der Waals surface area contributed by atoms with Crippen LogP contribution in [0.1, 0.15) is 47.8 Å². The van der Waals surface area contributed by atoms with E-state index >= 15 is 0 Å². The Bertz CT molecular complexity index is 1130. The minimum atomic E-state index is -4.24. The fourth-order valence-electron chi connectivity index (χ4n) is 3.14. The third-order valence-electron chi connectivity index (χ3n) is 5.12. The van der Waals surface area contributed by atoms with Crippen molar-refractivity contribution in [1.29, 1.82) is 0 Å². The summed E-state index contributed by atoms with van der Waals surface area (Å²) in [6, 6.07) is -0.0701. The molecule has 2 rings (SSSR count). The van der Waals surface area contributed by atoms with Gasteiger partial charge in [0.2, 0.25) is 0 Å². The zero-order valence-corrected chi connectivity index (χ0v) is 23.8. The van der Waals surface area contributed by atoms with Crippen LogP contribution in [0.3, 0.4) is 0 Å². The number of carbonyl (C=O) groups excluding carboxylic acids is 2. The molecule has 0 aromatic carbocycles. The van der Waals surface area contributed by atoms with Crippen molar-refractivity contribution in [2.24, 2.45) is 5.41 Å². The molecule has 0 spiro atoms. The van der Waals surface area contributed by atoms with Crippen LogP contribution < -0.4 is 16.3 Å². The van der Waals surface area contributed by atoms with Gasteiger partial charge in [0, 0.05) is 23.4 Å². The number of nitrogens with zero attached hydrogens (tertiary/aromatic N) is 1. The van der Waals surface area contributed by atoms with Gasteiger partial charge in [-0.25, -0.2) is 14.4 Å². The molecule has 216 valence electrons. The average Bonchev–Trinajstić information content (AvgIpc) is 3.08. The van der Waals surface area contributed by atoms with Gasteiger partial charge in [-0.2, -0.15) is 0 Å². The van der Waals surface area contributed by atoms with Crippen molar-refractivity contribution >= 4 is 30.6 Å². The van der Waals surface area contributed by atoms with E-state index in [0.717, 1.165) is 28.6 Å². The van der Waals surface area contributed by atoms with Gasteiger partial charge in [-0.05, 0) is 20.8 Å². The van der Waals surface area contributed by atoms with E-state index in [1.807, 2.05) is 4.98 Å². The van der Waals surface area contributed by atoms with E-state index in [0.29, 0.717) is 0 Å². The van der Waals surface area contributed by atoms with Gasteiger partial charge in [-0.3, -0.25) is 33.0 Å². The van der Waals surface area contributed by atoms with Crippen molar-refractivity contribution in [3.63, 3.8) is 0 Å². The highest BCUT2D eigenvalue weighted by Crippen LogP contribution is 2.45. The minimum absolute atomic E-state index is 0.0984. The largest absolute Gasteiger partial charge is 0.462 e. The van der Waals surface area contributed by atoms with Crippen LogP contribution in [0, 0.1) is 5.41 Å². The molecule has 4 N–H and O–H groups in total. The second-order valence-electron chi connectivity index (χ2n) is 9.91. The molecule has 2 heterocycles. The lowest BCUT2D eigenvalue weighted by molar-refractivity contribution is -0.149. The second kappa shape index (κ2) is 13.5. The van der Waals surface area contributed by atoms with Crippen molar-refractivity contribution < 1.29 is 42.9 Å². The number of esters is 1. The van der Waals surface area contributed by atoms with Crippen molar-refractivity contribution in [1.82, 2.24) is 14.6 Å². The molecule has 0 aliphatic carbocycles. The van der Waals surface area contributed by atoms with Crippen LogP contribution in [-0.2, 0) is 32.7 Å². The van der Waals surface area contributed by atoms with Crippen molar-refractivity contribution in [2.45, 2.75) is 78.2 Å². The van der Waals surface area contributed by atoms with Crippen molar-refractivity contribution in [3.05, 3.63) is 33.1 Å². The summed E-state index contributed by atoms with van der Waals surface area (Å²) in [6.07, 6.45) is -5.10. The molecule has 1 aromatic rings. The quantitative estimate of drug-likeness (QED) is 0.152. The number of aliphatic hydroxyl groups excluding tert-OH is 2. The smallest absolute Gasteiger partial charge is 0.406 e. The van der Waals surface area contributed by atoms with Gasteiger partial charge in [0.1, 0.15) is 24.4 Å². The maximum atomic E-state index is 13.5. The van der Waals surface area contributed by atoms with Crippen LogP contribution in [0.2, 0.25) is 0 Å². The van der Waals surface area contributed by atoms with E-state index in [2.05, 4.69) is 5.09 Å². The standard InChI is InChI=1S/C22H36N3O11PS/c1-12(2)35-19(29)13(3)24-37(32,33-9-10-38-20(30)22(4,5)6)34-11-14-16(27)17(28)18(36-14)25-8-7-15(26)23-21(25)31/h7-8,12-14,16-18,27-28H,9-11H2,1-6H3,(H,24,32)(H,23,26,31). The van der Waals surface area contributed by atoms with E-state index in [-0.39, 0.29) is 17.5 Å². The first-order valence-electron chi connectivity index (χ1n) is 11.9. The molecular weight excluding hydrogens is 545 g/mol. The zero-order valence-electron chi connectivity index (χ0n) is 22.1. The Balaban J connectivity index is 2.11. The molecule has 16 heteroatoms. The lowest BCUT2D eigenvalue weighted by atomic mass is 10.00. The Morgan fingerprint density at radius 2 is 1.87 bits per heavy atom. The molecule has 0 bridgehead atoms. The lowest BCUT2D eigenvalue weighted by Gasteiger charge is -2.25. The second-order valence-corrected chi connectivity index (χ2v) is 12.7. The summed E-state index contributed by atoms with van der Waals surface area (Å²) in [5.74, 6) is -0.566. The fraction of sp³-hybridized carbons (Fsp3) is 0.727. The summed E-state index contributed by atoms with van der Waals surface area (Å²) < 4.78 is 35.9. The van der Waals surface area contributed by atoms with Crippen LogP contribution >= 0.6 is 19.5 Å². The monoisotopic (exact) mass is 581 g/mol. The summed E-state index contributed by atoms with van der Waals surface area (Å²) in [4.78, 5) is 49.8. The first kappa shape index (κ1) is 32.4. The number of nitrogens with one attached hydrogen (secondary N) is 2. The lowest BCUT2D eigenvalue weighted by Crippen LogP contribution is -2.38. The molecule has 0 radical (unpaired) electrons. The summed E-state index contributed by atoms with van der Waals surface area (Å²) in [5, 5.41) is 23.2. The normalized spacial score (nSPS) is 24.2. The molecule has 1 saturated heterocycles. The zero-order chi connectivity index (χ0) is 28.8. The van der Waals surface area contributed by atoms with Crippen LogP contribution in [0.25, 0.3) is 0 Å². The van der Waals surface area contributed by atoms with E-state index in [1.54, 1.807) is 34.6 Å². The fourth-order valence-corrected chi connectivity index (χ4v) is 5.53. The van der Waals surface area contributed by atoms with Gasteiger partial charge in [0.15, 0.2) is 11.3 Å². The van der Waals surface area contributed by atoms with Crippen LogP contribution in [0.4, 0.5) is 0 Å². The minimum Gasteiger partial charge on any atom is -0.462 e. The molecule has 6 atom stereocenters. The third-order valence-corrected chi connectivity index (χ3v) is 8.08. The van der Waals surface area contributed by atoms with Crippen LogP contribution in [-0.4, -0.2) is 80.3 Å². The predicted octanol–water partition coefficient (Wildman–Crippen LogP) is 0.533. The molecule has 0 amide bonds. The highest BCUT2D eigenvalue weighted by Gasteiger charge is 2.45. The Labute approximate surface area is 224 Å². The van der Waals surface area contributed by atoms with E-state index in [4.69, 9.17) is 18.5 Å². The van der Waals surface area contributed by atoms with Crippen LogP contribution in [0.15, 0.2) is 21.9 Å². The Morgan fingerprint density at radius 1 is 1.21 bits per heavy atom. The number of hydrogen-bond acceptors (Lipinski definition) is 12. The Morgan fingerprint density at radius 3 is 2.45 bits per heavy atom. The molecule has 1 aromatic heterocycles. The number of rotatable bonds is 12. The van der Waals surface area contributed by atoms with Crippen LogP contribution in [0.5, 0.6) is 0 Å². The summed E-state index contributed by atoms with van der Waals surface area (Å²) in [5.41, 5.74) is -2.11. The number of aromatic nitrogens is 2. The van der Waals surface area contributed by atoms with E-state index in [1.165, 1.54) is 6.92 Å². The van der Waals surface area contributed by atoms with Gasteiger partial charge in [0.25, 0.3) is 5.56 Å². The molecule has 14 nitrogen and oxygen atoms in total. The average molecular weight is 582 g/mol. The van der Waals surface area contributed by atoms with E-state index in [9.17, 15) is 34.0 Å². The topological polar surface area (TPSA) is 195 Å². The summed E-state index contributed by atoms with van der Waals surface area (Å²) in [7, 11) is -4.24. The molecular formula is C22H36N3O11PS. The van der Waals surface area contributed by atoms with Gasteiger partial charge in [-0.15, -0.1) is 0 Å². The van der Waals surface area contributed by atoms with Gasteiger partial charge in [-0.1, -0.05) is 32.5 Å². The Kier molecular flexibility index (Phi) is 11.5. The highest BCUT2D eigenvalue weighted by molar-refractivity contribution is 8.13. The van der Waals surface area contributed by atoms with Gasteiger partial charge >= 0.3 is 19.4 Å².